The number of carbonyl (C=O) groups is 1. The standard InChI is InChI=1S/C17H26N6O2/c1-12(2)16-18-5-6-23(16)13(3)17(24)22-9-7-21(8-10-22)11-15-19-14(4)25-20-15/h5-6,12-13H,7-11H2,1-4H3/t13-/m0/s1. The molecule has 1 fully saturated rings. The summed E-state index contributed by atoms with van der Waals surface area (Å²) in [5.74, 6) is 2.67. The summed E-state index contributed by atoms with van der Waals surface area (Å²) in [4.78, 5) is 25.7. The number of aromatic nitrogens is 4. The quantitative estimate of drug-likeness (QED) is 0.818. The van der Waals surface area contributed by atoms with Crippen molar-refractivity contribution in [1.29, 1.82) is 0 Å². The molecule has 0 radical (unpaired) electrons. The minimum atomic E-state index is -0.230. The van der Waals surface area contributed by atoms with Crippen molar-refractivity contribution in [3.8, 4) is 0 Å². The summed E-state index contributed by atoms with van der Waals surface area (Å²) in [6, 6.07) is -0.230. The van der Waals surface area contributed by atoms with Crippen LogP contribution in [-0.4, -0.2) is 61.6 Å². The Kier molecular flexibility index (Phi) is 5.17. The Hall–Kier alpha value is -2.22. The van der Waals surface area contributed by atoms with Gasteiger partial charge in [0.25, 0.3) is 0 Å². The van der Waals surface area contributed by atoms with Crippen molar-refractivity contribution in [2.45, 2.75) is 46.2 Å². The highest BCUT2D eigenvalue weighted by atomic mass is 16.5. The van der Waals surface area contributed by atoms with Crippen LogP contribution in [0.3, 0.4) is 0 Å². The highest BCUT2D eigenvalue weighted by molar-refractivity contribution is 5.80. The topological polar surface area (TPSA) is 80.3 Å². The summed E-state index contributed by atoms with van der Waals surface area (Å²) in [6.45, 7) is 11.6. The largest absolute Gasteiger partial charge is 0.340 e. The van der Waals surface area contributed by atoms with Crippen molar-refractivity contribution in [1.82, 2.24) is 29.5 Å². The lowest BCUT2D eigenvalue weighted by atomic mass is 10.2. The molecule has 0 unspecified atom stereocenters. The Labute approximate surface area is 147 Å². The number of rotatable bonds is 5. The number of hydrogen-bond donors (Lipinski definition) is 0. The van der Waals surface area contributed by atoms with Crippen LogP contribution >= 0.6 is 0 Å². The van der Waals surface area contributed by atoms with Crippen LogP contribution in [0.1, 0.15) is 50.3 Å². The highest BCUT2D eigenvalue weighted by Gasteiger charge is 2.27. The molecular weight excluding hydrogens is 320 g/mol. The lowest BCUT2D eigenvalue weighted by molar-refractivity contribution is -0.136. The average molecular weight is 346 g/mol. The fourth-order valence-corrected chi connectivity index (χ4v) is 3.21. The van der Waals surface area contributed by atoms with Crippen LogP contribution in [0, 0.1) is 6.92 Å². The summed E-state index contributed by atoms with van der Waals surface area (Å²) in [5.41, 5.74) is 0. The van der Waals surface area contributed by atoms with E-state index < -0.39 is 0 Å². The van der Waals surface area contributed by atoms with Crippen LogP contribution in [0.4, 0.5) is 0 Å². The van der Waals surface area contributed by atoms with Crippen molar-refractivity contribution in [3.63, 3.8) is 0 Å². The van der Waals surface area contributed by atoms with E-state index in [2.05, 4.69) is 33.9 Å². The summed E-state index contributed by atoms with van der Waals surface area (Å²) in [5, 5.41) is 3.93. The van der Waals surface area contributed by atoms with Gasteiger partial charge in [-0.15, -0.1) is 0 Å². The monoisotopic (exact) mass is 346 g/mol. The maximum absolute atomic E-state index is 12.9. The van der Waals surface area contributed by atoms with E-state index in [0.29, 0.717) is 37.3 Å². The molecule has 25 heavy (non-hydrogen) atoms. The summed E-state index contributed by atoms with van der Waals surface area (Å²) >= 11 is 0. The van der Waals surface area contributed by atoms with Crippen LogP contribution in [0.25, 0.3) is 0 Å². The normalized spacial score (nSPS) is 17.2. The highest BCUT2D eigenvalue weighted by Crippen LogP contribution is 2.19. The Balaban J connectivity index is 1.56. The van der Waals surface area contributed by atoms with Crippen molar-refractivity contribution in [3.05, 3.63) is 29.9 Å². The minimum Gasteiger partial charge on any atom is -0.340 e. The SMILES string of the molecule is Cc1nc(CN2CCN(C(=O)[C@H](C)n3ccnc3C(C)C)CC2)no1. The molecule has 2 aromatic heterocycles. The van der Waals surface area contributed by atoms with E-state index in [1.807, 2.05) is 22.6 Å². The second-order valence-electron chi connectivity index (χ2n) is 6.85. The molecule has 0 aliphatic carbocycles. The summed E-state index contributed by atoms with van der Waals surface area (Å²) in [6.07, 6.45) is 3.66. The van der Waals surface area contributed by atoms with E-state index in [4.69, 9.17) is 4.52 Å². The number of carbonyl (C=O) groups excluding carboxylic acids is 1. The van der Waals surface area contributed by atoms with Crippen molar-refractivity contribution >= 4 is 5.91 Å². The first kappa shape index (κ1) is 17.6. The van der Waals surface area contributed by atoms with Gasteiger partial charge < -0.3 is 14.0 Å². The molecule has 8 nitrogen and oxygen atoms in total. The molecule has 1 saturated heterocycles. The molecule has 1 atom stereocenters. The van der Waals surface area contributed by atoms with E-state index in [0.717, 1.165) is 18.9 Å². The average Bonchev–Trinajstić information content (AvgIpc) is 3.23. The molecule has 0 N–H and O–H groups in total. The smallest absolute Gasteiger partial charge is 0.245 e. The van der Waals surface area contributed by atoms with Crippen LogP contribution < -0.4 is 0 Å². The third-order valence-corrected chi connectivity index (χ3v) is 4.61. The molecule has 2 aromatic rings. The van der Waals surface area contributed by atoms with Gasteiger partial charge in [0.1, 0.15) is 11.9 Å². The van der Waals surface area contributed by atoms with E-state index in [1.54, 1.807) is 13.1 Å². The molecular formula is C17H26N6O2. The van der Waals surface area contributed by atoms with Gasteiger partial charge >= 0.3 is 0 Å². The van der Waals surface area contributed by atoms with E-state index in [9.17, 15) is 4.79 Å². The Morgan fingerprint density at radius 3 is 2.56 bits per heavy atom. The summed E-state index contributed by atoms with van der Waals surface area (Å²) in [7, 11) is 0. The number of imidazole rings is 1. The van der Waals surface area contributed by atoms with Gasteiger partial charge in [0.15, 0.2) is 5.82 Å². The van der Waals surface area contributed by atoms with Gasteiger partial charge in [0, 0.05) is 51.4 Å². The number of aryl methyl sites for hydroxylation is 1. The molecule has 1 aliphatic rings. The van der Waals surface area contributed by atoms with Crippen LogP contribution in [0.2, 0.25) is 0 Å². The molecule has 0 spiro atoms. The van der Waals surface area contributed by atoms with Gasteiger partial charge in [-0.25, -0.2) is 4.98 Å². The zero-order valence-corrected chi connectivity index (χ0v) is 15.3. The van der Waals surface area contributed by atoms with E-state index in [1.165, 1.54) is 0 Å². The molecule has 3 heterocycles. The van der Waals surface area contributed by atoms with Crippen LogP contribution in [-0.2, 0) is 11.3 Å². The first-order valence-electron chi connectivity index (χ1n) is 8.78. The van der Waals surface area contributed by atoms with E-state index >= 15 is 0 Å². The predicted octanol–water partition coefficient (Wildman–Crippen LogP) is 1.60. The van der Waals surface area contributed by atoms with Gasteiger partial charge in [-0.3, -0.25) is 9.69 Å². The fraction of sp³-hybridized carbons (Fsp3) is 0.647. The lowest BCUT2D eigenvalue weighted by Gasteiger charge is -2.35. The van der Waals surface area contributed by atoms with Gasteiger partial charge in [-0.05, 0) is 6.92 Å². The van der Waals surface area contributed by atoms with Gasteiger partial charge in [0.2, 0.25) is 11.8 Å². The minimum absolute atomic E-state index is 0.148. The molecule has 0 saturated carbocycles. The molecule has 3 rings (SSSR count). The van der Waals surface area contributed by atoms with Gasteiger partial charge in [-0.1, -0.05) is 19.0 Å². The first-order chi connectivity index (χ1) is 12.0. The maximum atomic E-state index is 12.9. The number of piperazine rings is 1. The van der Waals surface area contributed by atoms with Crippen LogP contribution in [0.15, 0.2) is 16.9 Å². The lowest BCUT2D eigenvalue weighted by Crippen LogP contribution is -2.50. The Morgan fingerprint density at radius 2 is 1.96 bits per heavy atom. The van der Waals surface area contributed by atoms with Gasteiger partial charge in [-0.2, -0.15) is 4.98 Å². The third-order valence-electron chi connectivity index (χ3n) is 4.61. The number of nitrogens with zero attached hydrogens (tertiary/aromatic N) is 6. The van der Waals surface area contributed by atoms with E-state index in [-0.39, 0.29) is 11.9 Å². The molecule has 1 amide bonds. The molecule has 1 aliphatic heterocycles. The molecule has 0 bridgehead atoms. The predicted molar refractivity (Wildman–Crippen MR) is 91.9 cm³/mol. The zero-order valence-electron chi connectivity index (χ0n) is 15.3. The molecule has 136 valence electrons. The first-order valence-corrected chi connectivity index (χ1v) is 8.78. The van der Waals surface area contributed by atoms with Crippen LogP contribution in [0.5, 0.6) is 0 Å². The fourth-order valence-electron chi connectivity index (χ4n) is 3.21. The van der Waals surface area contributed by atoms with Crippen molar-refractivity contribution in [2.75, 3.05) is 26.2 Å². The molecule has 0 aromatic carbocycles. The Bertz CT molecular complexity index is 714. The second-order valence-corrected chi connectivity index (χ2v) is 6.85. The van der Waals surface area contributed by atoms with Crippen molar-refractivity contribution < 1.29 is 9.32 Å². The molecule has 8 heteroatoms. The summed E-state index contributed by atoms with van der Waals surface area (Å²) < 4.78 is 7.00. The number of amides is 1. The second kappa shape index (κ2) is 7.35. The van der Waals surface area contributed by atoms with Crippen molar-refractivity contribution in [2.24, 2.45) is 0 Å². The zero-order chi connectivity index (χ0) is 18.0. The number of hydrogen-bond acceptors (Lipinski definition) is 6. The maximum Gasteiger partial charge on any atom is 0.245 e. The third kappa shape index (κ3) is 3.89. The van der Waals surface area contributed by atoms with Gasteiger partial charge in [0.05, 0.1) is 6.54 Å². The Morgan fingerprint density at radius 1 is 1.24 bits per heavy atom.